The van der Waals surface area contributed by atoms with Crippen molar-refractivity contribution in [3.05, 3.63) is 78.6 Å². The van der Waals surface area contributed by atoms with Crippen molar-refractivity contribution in [1.29, 1.82) is 5.26 Å². The van der Waals surface area contributed by atoms with Gasteiger partial charge in [0.05, 0.1) is 58.0 Å². The summed E-state index contributed by atoms with van der Waals surface area (Å²) in [4.78, 5) is 4.40. The molecule has 10 heteroatoms. The number of alkyl halides is 3. The molecule has 5 aromatic rings. The lowest BCUT2D eigenvalue weighted by atomic mass is 9.93. The standard InChI is InChI=1S/C27H22F3N7/c1-35-13-18(12-33-35)22-15-36(16-32-22)24-6-3-7-25-26(24)20(27(28,29)30)14-37(25)23-9-8-17(11-31)10-21(23)34-19-4-2-5-19/h3,6-10,12-16,19,34H,2,4-5H2,1H3. The molecule has 6 rings (SSSR count). The molecule has 0 bridgehead atoms. The van der Waals surface area contributed by atoms with Crippen LogP contribution in [0.25, 0.3) is 33.5 Å². The van der Waals surface area contributed by atoms with Crippen molar-refractivity contribution in [3.63, 3.8) is 0 Å². The molecule has 1 saturated carbocycles. The molecule has 0 spiro atoms. The van der Waals surface area contributed by atoms with E-state index in [1.54, 1.807) is 75.9 Å². The first-order valence-corrected chi connectivity index (χ1v) is 11.9. The third-order valence-electron chi connectivity index (χ3n) is 6.82. The van der Waals surface area contributed by atoms with Crippen LogP contribution in [-0.2, 0) is 13.2 Å². The number of imidazole rings is 1. The molecule has 1 aliphatic rings. The highest BCUT2D eigenvalue weighted by molar-refractivity contribution is 5.94. The van der Waals surface area contributed by atoms with Crippen LogP contribution in [0, 0.1) is 11.3 Å². The third-order valence-corrected chi connectivity index (χ3v) is 6.82. The predicted octanol–water partition coefficient (Wildman–Crippen LogP) is 6.07. The quantitative estimate of drug-likeness (QED) is 0.317. The van der Waals surface area contributed by atoms with E-state index in [2.05, 4.69) is 21.5 Å². The van der Waals surface area contributed by atoms with Crippen molar-refractivity contribution < 1.29 is 13.2 Å². The Morgan fingerprint density at radius 2 is 1.92 bits per heavy atom. The molecular formula is C27H22F3N7. The van der Waals surface area contributed by atoms with Crippen molar-refractivity contribution in [1.82, 2.24) is 23.9 Å². The molecule has 0 amide bonds. The minimum absolute atomic E-state index is 0.0732. The number of hydrogen-bond acceptors (Lipinski definition) is 4. The summed E-state index contributed by atoms with van der Waals surface area (Å²) in [5.74, 6) is 0. The number of benzene rings is 2. The maximum atomic E-state index is 14.4. The second-order valence-corrected chi connectivity index (χ2v) is 9.27. The minimum atomic E-state index is -4.58. The average Bonchev–Trinajstić information content (AvgIpc) is 3.59. The van der Waals surface area contributed by atoms with Crippen LogP contribution in [0.4, 0.5) is 18.9 Å². The first-order valence-electron chi connectivity index (χ1n) is 11.9. The Bertz CT molecular complexity index is 1660. The van der Waals surface area contributed by atoms with E-state index in [0.29, 0.717) is 33.8 Å². The Balaban J connectivity index is 1.54. The van der Waals surface area contributed by atoms with Crippen LogP contribution in [0.2, 0.25) is 0 Å². The number of fused-ring (bicyclic) bond motifs is 1. The first-order chi connectivity index (χ1) is 17.8. The van der Waals surface area contributed by atoms with Crippen LogP contribution in [-0.4, -0.2) is 29.9 Å². The van der Waals surface area contributed by atoms with Gasteiger partial charge in [-0.1, -0.05) is 6.07 Å². The Morgan fingerprint density at radius 1 is 1.08 bits per heavy atom. The summed E-state index contributed by atoms with van der Waals surface area (Å²) in [7, 11) is 1.79. The van der Waals surface area contributed by atoms with Gasteiger partial charge in [-0.15, -0.1) is 0 Å². The molecule has 7 nitrogen and oxygen atoms in total. The molecule has 3 aromatic heterocycles. The van der Waals surface area contributed by atoms with Gasteiger partial charge in [0.2, 0.25) is 0 Å². The zero-order valence-electron chi connectivity index (χ0n) is 19.9. The number of nitrogens with one attached hydrogen (secondary N) is 1. The molecule has 0 saturated heterocycles. The van der Waals surface area contributed by atoms with Gasteiger partial charge in [0, 0.05) is 42.6 Å². The average molecular weight is 502 g/mol. The third kappa shape index (κ3) is 4.02. The number of aromatic nitrogens is 5. The monoisotopic (exact) mass is 501 g/mol. The van der Waals surface area contributed by atoms with Crippen LogP contribution in [0.3, 0.4) is 0 Å². The number of aryl methyl sites for hydroxylation is 1. The molecule has 0 aliphatic heterocycles. The molecule has 1 N–H and O–H groups in total. The van der Waals surface area contributed by atoms with Crippen molar-refractivity contribution in [3.8, 4) is 28.7 Å². The highest BCUT2D eigenvalue weighted by Crippen LogP contribution is 2.41. The Labute approximate surface area is 210 Å². The molecular weight excluding hydrogens is 479 g/mol. The summed E-state index contributed by atoms with van der Waals surface area (Å²) in [5.41, 5.74) is 3.06. The van der Waals surface area contributed by atoms with E-state index in [1.165, 1.54) is 6.33 Å². The van der Waals surface area contributed by atoms with E-state index in [9.17, 15) is 18.4 Å². The van der Waals surface area contributed by atoms with Crippen molar-refractivity contribution in [2.45, 2.75) is 31.5 Å². The SMILES string of the molecule is Cn1cc(-c2cn(-c3cccc4c3c(C(F)(F)F)cn4-c3ccc(C#N)cc3NC3CCC3)cn2)cn1. The zero-order chi connectivity index (χ0) is 25.7. The molecule has 1 aliphatic carbocycles. The predicted molar refractivity (Wildman–Crippen MR) is 134 cm³/mol. The van der Waals surface area contributed by atoms with E-state index in [-0.39, 0.29) is 11.4 Å². The molecule has 2 aromatic carbocycles. The summed E-state index contributed by atoms with van der Waals surface area (Å²) < 4.78 is 48.0. The minimum Gasteiger partial charge on any atom is -0.381 e. The lowest BCUT2D eigenvalue weighted by Crippen LogP contribution is -2.27. The number of hydrogen-bond donors (Lipinski definition) is 1. The second-order valence-electron chi connectivity index (χ2n) is 9.27. The van der Waals surface area contributed by atoms with Crippen LogP contribution in [0.1, 0.15) is 30.4 Å². The normalized spacial score (nSPS) is 14.0. The second kappa shape index (κ2) is 8.55. The number of rotatable bonds is 5. The smallest absolute Gasteiger partial charge is 0.381 e. The Hall–Kier alpha value is -4.52. The maximum Gasteiger partial charge on any atom is 0.418 e. The molecule has 0 radical (unpaired) electrons. The van der Waals surface area contributed by atoms with Gasteiger partial charge in [0.1, 0.15) is 0 Å². The summed E-state index contributed by atoms with van der Waals surface area (Å²) >= 11 is 0. The molecule has 3 heterocycles. The van der Waals surface area contributed by atoms with Crippen LogP contribution in [0.15, 0.2) is 67.5 Å². The van der Waals surface area contributed by atoms with Crippen LogP contribution >= 0.6 is 0 Å². The highest BCUT2D eigenvalue weighted by Gasteiger charge is 2.36. The van der Waals surface area contributed by atoms with Gasteiger partial charge in [-0.3, -0.25) is 4.68 Å². The van der Waals surface area contributed by atoms with Crippen molar-refractivity contribution in [2.24, 2.45) is 7.05 Å². The lowest BCUT2D eigenvalue weighted by Gasteiger charge is -2.29. The summed E-state index contributed by atoms with van der Waals surface area (Å²) in [6, 6.07) is 12.5. The van der Waals surface area contributed by atoms with Crippen molar-refractivity contribution in [2.75, 3.05) is 5.32 Å². The van der Waals surface area contributed by atoms with E-state index in [1.807, 2.05) is 0 Å². The maximum absolute atomic E-state index is 14.4. The molecule has 37 heavy (non-hydrogen) atoms. The summed E-state index contributed by atoms with van der Waals surface area (Å²) in [5, 5.41) is 17.1. The Kier molecular flexibility index (Phi) is 5.30. The van der Waals surface area contributed by atoms with Gasteiger partial charge in [-0.05, 0) is 49.6 Å². The van der Waals surface area contributed by atoms with Gasteiger partial charge in [0.15, 0.2) is 0 Å². The zero-order valence-corrected chi connectivity index (χ0v) is 19.9. The first kappa shape index (κ1) is 22.9. The van der Waals surface area contributed by atoms with E-state index in [0.717, 1.165) is 31.0 Å². The lowest BCUT2D eigenvalue weighted by molar-refractivity contribution is -0.136. The van der Waals surface area contributed by atoms with Crippen LogP contribution < -0.4 is 5.32 Å². The Morgan fingerprint density at radius 3 is 2.59 bits per heavy atom. The fourth-order valence-corrected chi connectivity index (χ4v) is 4.76. The fraction of sp³-hybridized carbons (Fsp3) is 0.222. The molecule has 0 atom stereocenters. The highest BCUT2D eigenvalue weighted by atomic mass is 19.4. The van der Waals surface area contributed by atoms with Gasteiger partial charge in [-0.2, -0.15) is 23.5 Å². The molecule has 0 unspecified atom stereocenters. The topological polar surface area (TPSA) is 76.4 Å². The van der Waals surface area contributed by atoms with Crippen LogP contribution in [0.5, 0.6) is 0 Å². The fourth-order valence-electron chi connectivity index (χ4n) is 4.76. The number of nitriles is 1. The largest absolute Gasteiger partial charge is 0.418 e. The van der Waals surface area contributed by atoms with Gasteiger partial charge < -0.3 is 14.5 Å². The number of nitrogens with zero attached hydrogens (tertiary/aromatic N) is 6. The van der Waals surface area contributed by atoms with E-state index in [4.69, 9.17) is 0 Å². The number of anilines is 1. The number of halogens is 3. The van der Waals surface area contributed by atoms with E-state index < -0.39 is 11.7 Å². The van der Waals surface area contributed by atoms with Crippen molar-refractivity contribution >= 4 is 16.6 Å². The summed E-state index contributed by atoms with van der Waals surface area (Å²) in [6.45, 7) is 0. The molecule has 186 valence electrons. The van der Waals surface area contributed by atoms with Gasteiger partial charge >= 0.3 is 6.18 Å². The van der Waals surface area contributed by atoms with Gasteiger partial charge in [0.25, 0.3) is 0 Å². The van der Waals surface area contributed by atoms with E-state index >= 15 is 0 Å². The van der Waals surface area contributed by atoms with Gasteiger partial charge in [-0.25, -0.2) is 4.98 Å². The molecule has 1 fully saturated rings. The summed E-state index contributed by atoms with van der Waals surface area (Å²) in [6.07, 6.45) is 6.31.